The number of aromatic amines is 1. The highest BCUT2D eigenvalue weighted by Gasteiger charge is 2.17. The quantitative estimate of drug-likeness (QED) is 0.780. The van der Waals surface area contributed by atoms with Gasteiger partial charge in [-0.3, -0.25) is 5.10 Å². The Morgan fingerprint density at radius 2 is 2.07 bits per heavy atom. The van der Waals surface area contributed by atoms with Gasteiger partial charge in [0.05, 0.1) is 0 Å². The fourth-order valence-corrected chi connectivity index (χ4v) is 2.17. The van der Waals surface area contributed by atoms with E-state index in [9.17, 15) is 0 Å². The molecule has 1 atom stereocenters. The molecule has 0 saturated carbocycles. The molecule has 1 rings (SSSR count). The molecule has 1 unspecified atom stereocenters. The monoisotopic (exact) mass is 213 g/mol. The molecule has 0 amide bonds. The molecule has 0 fully saturated rings. The molecule has 1 aromatic heterocycles. The van der Waals surface area contributed by atoms with Crippen molar-refractivity contribution in [2.45, 2.75) is 46.6 Å². The third-order valence-corrected chi connectivity index (χ3v) is 2.90. The minimum atomic E-state index is 0.469. The fraction of sp³-hybridized carbons (Fsp3) is 0.800. The zero-order valence-electron chi connectivity index (χ0n) is 9.37. The Bertz CT molecular complexity index is 337. The van der Waals surface area contributed by atoms with Crippen LogP contribution >= 0.6 is 12.2 Å². The van der Waals surface area contributed by atoms with Crippen LogP contribution in [-0.4, -0.2) is 14.8 Å². The van der Waals surface area contributed by atoms with Crippen LogP contribution in [-0.2, 0) is 6.42 Å². The zero-order valence-corrected chi connectivity index (χ0v) is 10.2. The van der Waals surface area contributed by atoms with Crippen LogP contribution in [0.5, 0.6) is 0 Å². The van der Waals surface area contributed by atoms with Crippen LogP contribution in [0.4, 0.5) is 0 Å². The largest absolute Gasteiger partial charge is 0.301 e. The van der Waals surface area contributed by atoms with E-state index in [0.717, 1.165) is 23.4 Å². The van der Waals surface area contributed by atoms with E-state index in [1.54, 1.807) is 0 Å². The van der Waals surface area contributed by atoms with Gasteiger partial charge in [0.2, 0.25) is 0 Å². The maximum atomic E-state index is 5.25. The molecular weight excluding hydrogens is 194 g/mol. The molecule has 0 radical (unpaired) electrons. The molecule has 0 saturated heterocycles. The van der Waals surface area contributed by atoms with E-state index in [1.165, 1.54) is 0 Å². The van der Waals surface area contributed by atoms with Crippen LogP contribution in [0, 0.1) is 10.7 Å². The minimum Gasteiger partial charge on any atom is -0.301 e. The first-order valence-electron chi connectivity index (χ1n) is 5.27. The van der Waals surface area contributed by atoms with Gasteiger partial charge in [0.1, 0.15) is 5.82 Å². The number of H-pyrrole nitrogens is 1. The molecule has 0 spiro atoms. The summed E-state index contributed by atoms with van der Waals surface area (Å²) in [7, 11) is 0. The van der Waals surface area contributed by atoms with Gasteiger partial charge in [-0.25, -0.2) is 0 Å². The summed E-state index contributed by atoms with van der Waals surface area (Å²) in [5, 5.41) is 7.10. The molecule has 1 heterocycles. The fourth-order valence-electron chi connectivity index (χ4n) is 1.88. The zero-order chi connectivity index (χ0) is 10.7. The Kier molecular flexibility index (Phi) is 3.86. The molecule has 4 heteroatoms. The summed E-state index contributed by atoms with van der Waals surface area (Å²) in [5.41, 5.74) is 0. The molecule has 80 valence electrons. The summed E-state index contributed by atoms with van der Waals surface area (Å²) >= 11 is 5.25. The number of aromatic nitrogens is 3. The standard InChI is InChI=1S/C10H19N3S/c1-5-8(7(3)4)13-9(6-2)11-12-10(13)14/h7-8H,5-6H2,1-4H3,(H,12,14). The van der Waals surface area contributed by atoms with Crippen LogP contribution in [0.3, 0.4) is 0 Å². The van der Waals surface area contributed by atoms with Crippen molar-refractivity contribution < 1.29 is 0 Å². The van der Waals surface area contributed by atoms with Gasteiger partial charge in [0, 0.05) is 12.5 Å². The smallest absolute Gasteiger partial charge is 0.195 e. The van der Waals surface area contributed by atoms with E-state index in [1.807, 2.05) is 0 Å². The Labute approximate surface area is 90.5 Å². The SMILES string of the molecule is CCc1n[nH]c(=S)n1C(CC)C(C)C. The molecule has 14 heavy (non-hydrogen) atoms. The summed E-state index contributed by atoms with van der Waals surface area (Å²) in [4.78, 5) is 0. The maximum absolute atomic E-state index is 5.25. The highest BCUT2D eigenvalue weighted by Crippen LogP contribution is 2.22. The van der Waals surface area contributed by atoms with Crippen molar-refractivity contribution in [2.24, 2.45) is 5.92 Å². The molecule has 0 aliphatic carbocycles. The predicted octanol–water partition coefficient (Wildman–Crippen LogP) is 3.11. The molecule has 1 aromatic rings. The number of hydrogen-bond acceptors (Lipinski definition) is 2. The molecule has 0 aromatic carbocycles. The van der Waals surface area contributed by atoms with Crippen molar-refractivity contribution in [1.29, 1.82) is 0 Å². The number of nitrogens with zero attached hydrogens (tertiary/aromatic N) is 2. The van der Waals surface area contributed by atoms with E-state index in [2.05, 4.69) is 42.5 Å². The summed E-state index contributed by atoms with van der Waals surface area (Å²) in [6, 6.07) is 0.469. The Morgan fingerprint density at radius 3 is 2.50 bits per heavy atom. The molecular formula is C10H19N3S. The van der Waals surface area contributed by atoms with Crippen molar-refractivity contribution in [2.75, 3.05) is 0 Å². The first kappa shape index (κ1) is 11.4. The second kappa shape index (κ2) is 4.73. The van der Waals surface area contributed by atoms with Crippen LogP contribution in [0.15, 0.2) is 0 Å². The van der Waals surface area contributed by atoms with Crippen LogP contribution in [0.1, 0.15) is 46.0 Å². The average molecular weight is 213 g/mol. The highest BCUT2D eigenvalue weighted by molar-refractivity contribution is 7.71. The van der Waals surface area contributed by atoms with E-state index in [4.69, 9.17) is 12.2 Å². The predicted molar refractivity (Wildman–Crippen MR) is 61.0 cm³/mol. The molecule has 0 aliphatic rings. The van der Waals surface area contributed by atoms with Gasteiger partial charge in [0.15, 0.2) is 4.77 Å². The third-order valence-electron chi connectivity index (χ3n) is 2.61. The van der Waals surface area contributed by atoms with Crippen molar-refractivity contribution >= 4 is 12.2 Å². The Hall–Kier alpha value is -0.640. The molecule has 3 nitrogen and oxygen atoms in total. The van der Waals surface area contributed by atoms with Crippen molar-refractivity contribution in [3.05, 3.63) is 10.6 Å². The van der Waals surface area contributed by atoms with Gasteiger partial charge in [-0.15, -0.1) is 0 Å². The molecule has 0 bridgehead atoms. The molecule has 1 N–H and O–H groups in total. The maximum Gasteiger partial charge on any atom is 0.195 e. The van der Waals surface area contributed by atoms with Gasteiger partial charge in [-0.1, -0.05) is 27.7 Å². The van der Waals surface area contributed by atoms with Gasteiger partial charge < -0.3 is 4.57 Å². The van der Waals surface area contributed by atoms with Crippen LogP contribution in [0.25, 0.3) is 0 Å². The topological polar surface area (TPSA) is 33.6 Å². The first-order chi connectivity index (χ1) is 6.61. The van der Waals surface area contributed by atoms with Crippen molar-refractivity contribution in [3.63, 3.8) is 0 Å². The van der Waals surface area contributed by atoms with Gasteiger partial charge in [-0.05, 0) is 24.6 Å². The van der Waals surface area contributed by atoms with Gasteiger partial charge >= 0.3 is 0 Å². The number of rotatable bonds is 4. The van der Waals surface area contributed by atoms with Crippen molar-refractivity contribution in [1.82, 2.24) is 14.8 Å². The van der Waals surface area contributed by atoms with E-state index in [0.29, 0.717) is 12.0 Å². The van der Waals surface area contributed by atoms with Crippen molar-refractivity contribution in [3.8, 4) is 0 Å². The summed E-state index contributed by atoms with van der Waals surface area (Å²) in [5.74, 6) is 1.66. The van der Waals surface area contributed by atoms with Crippen LogP contribution < -0.4 is 0 Å². The highest BCUT2D eigenvalue weighted by atomic mass is 32.1. The number of nitrogens with one attached hydrogen (secondary N) is 1. The lowest BCUT2D eigenvalue weighted by atomic mass is 10.0. The van der Waals surface area contributed by atoms with E-state index >= 15 is 0 Å². The summed E-state index contributed by atoms with van der Waals surface area (Å²) in [6.45, 7) is 8.75. The van der Waals surface area contributed by atoms with E-state index in [-0.39, 0.29) is 0 Å². The normalized spacial score (nSPS) is 13.5. The van der Waals surface area contributed by atoms with Gasteiger partial charge in [0.25, 0.3) is 0 Å². The second-order valence-corrected chi connectivity index (χ2v) is 4.27. The lowest BCUT2D eigenvalue weighted by Gasteiger charge is -2.21. The first-order valence-corrected chi connectivity index (χ1v) is 5.68. The molecule has 0 aliphatic heterocycles. The Morgan fingerprint density at radius 1 is 1.43 bits per heavy atom. The summed E-state index contributed by atoms with van der Waals surface area (Å²) < 4.78 is 2.92. The van der Waals surface area contributed by atoms with Crippen LogP contribution in [0.2, 0.25) is 0 Å². The van der Waals surface area contributed by atoms with Gasteiger partial charge in [-0.2, -0.15) is 5.10 Å². The lowest BCUT2D eigenvalue weighted by molar-refractivity contribution is 0.353. The van der Waals surface area contributed by atoms with E-state index < -0.39 is 0 Å². The summed E-state index contributed by atoms with van der Waals surface area (Å²) in [6.07, 6.45) is 2.02. The number of aryl methyl sites for hydroxylation is 1. The minimum absolute atomic E-state index is 0.469. The lowest BCUT2D eigenvalue weighted by Crippen LogP contribution is -2.17. The third kappa shape index (κ3) is 2.05. The Balaban J connectivity index is 3.14. The average Bonchev–Trinajstić information content (AvgIpc) is 2.49. The second-order valence-electron chi connectivity index (χ2n) is 3.89. The number of hydrogen-bond donors (Lipinski definition) is 1.